The number of nitrogens with zero attached hydrogens (tertiary/aromatic N) is 2. The topological polar surface area (TPSA) is 111 Å². The van der Waals surface area contributed by atoms with E-state index in [4.69, 9.17) is 22.1 Å². The minimum absolute atomic E-state index is 0.0163. The minimum atomic E-state index is -0.212. The number of anilines is 1. The van der Waals surface area contributed by atoms with Crippen LogP contribution >= 0.6 is 11.6 Å². The molecule has 0 saturated carbocycles. The molecule has 2 aliphatic rings. The molecule has 5 N–H and O–H groups in total. The monoisotopic (exact) mass is 566 g/mol. The number of halogens is 1. The summed E-state index contributed by atoms with van der Waals surface area (Å²) in [6.07, 6.45) is 1.94. The van der Waals surface area contributed by atoms with Gasteiger partial charge in [-0.1, -0.05) is 49.7 Å². The van der Waals surface area contributed by atoms with Crippen LogP contribution in [-0.2, 0) is 12.8 Å². The van der Waals surface area contributed by atoms with Crippen LogP contribution < -0.4 is 15.8 Å². The highest BCUT2D eigenvalue weighted by atomic mass is 35.5. The Morgan fingerprint density at radius 1 is 1.18 bits per heavy atom. The number of carbonyl (C=O) groups excluding carboxylic acids is 1. The van der Waals surface area contributed by atoms with Crippen LogP contribution in [0.2, 0.25) is 5.02 Å². The Morgan fingerprint density at radius 2 is 1.93 bits per heavy atom. The van der Waals surface area contributed by atoms with Crippen LogP contribution in [0.5, 0.6) is 17.2 Å². The molecule has 0 radical (unpaired) electrons. The van der Waals surface area contributed by atoms with Crippen LogP contribution in [0.1, 0.15) is 46.9 Å². The molecule has 0 fully saturated rings. The Balaban J connectivity index is 0.000000185. The highest BCUT2D eigenvalue weighted by Crippen LogP contribution is 2.49. The van der Waals surface area contributed by atoms with Crippen molar-refractivity contribution in [3.05, 3.63) is 69.7 Å². The molecular weight excluding hydrogens is 528 g/mol. The fourth-order valence-corrected chi connectivity index (χ4v) is 5.72. The molecule has 0 unspecified atom stereocenters. The van der Waals surface area contributed by atoms with Gasteiger partial charge in [-0.15, -0.1) is 0 Å². The fraction of sp³-hybridized carbons (Fsp3) is 0.387. The molecule has 1 aliphatic carbocycles. The van der Waals surface area contributed by atoms with Crippen LogP contribution in [0.4, 0.5) is 5.69 Å². The van der Waals surface area contributed by atoms with E-state index in [0.717, 1.165) is 55.7 Å². The lowest BCUT2D eigenvalue weighted by molar-refractivity contribution is 0.0946. The number of hydrogen-bond acceptors (Lipinski definition) is 7. The third-order valence-corrected chi connectivity index (χ3v) is 8.22. The van der Waals surface area contributed by atoms with Gasteiger partial charge < -0.3 is 30.9 Å². The maximum absolute atomic E-state index is 12.1. The van der Waals surface area contributed by atoms with E-state index in [-0.39, 0.29) is 17.4 Å². The average molecular weight is 567 g/mol. The molecule has 5 rings (SSSR count). The van der Waals surface area contributed by atoms with Gasteiger partial charge in [0, 0.05) is 37.3 Å². The number of nitrogens with two attached hydrogens (primary N) is 1. The molecule has 214 valence electrons. The predicted molar refractivity (Wildman–Crippen MR) is 161 cm³/mol. The molecule has 8 nitrogen and oxygen atoms in total. The average Bonchev–Trinajstić information content (AvgIpc) is 2.96. The number of likely N-dealkylation sites (N-methyl/N-ethyl adjacent to an activating group) is 2. The van der Waals surface area contributed by atoms with E-state index < -0.39 is 0 Å². The molecule has 0 spiro atoms. The van der Waals surface area contributed by atoms with Gasteiger partial charge in [0.05, 0.1) is 23.4 Å². The van der Waals surface area contributed by atoms with E-state index in [1.807, 2.05) is 6.07 Å². The summed E-state index contributed by atoms with van der Waals surface area (Å²) >= 11 is 5.95. The number of benzene rings is 3. The van der Waals surface area contributed by atoms with Crippen molar-refractivity contribution in [1.82, 2.24) is 15.1 Å². The molecular formula is C31H39ClN4O4. The molecule has 0 saturated heterocycles. The molecule has 3 aromatic rings. The lowest BCUT2D eigenvalue weighted by Gasteiger charge is -2.39. The molecule has 40 heavy (non-hydrogen) atoms. The van der Waals surface area contributed by atoms with Crippen LogP contribution in [0.25, 0.3) is 11.1 Å². The van der Waals surface area contributed by atoms with Crippen LogP contribution in [0.3, 0.4) is 0 Å². The maximum Gasteiger partial charge on any atom is 0.255 e. The quantitative estimate of drug-likeness (QED) is 0.239. The van der Waals surface area contributed by atoms with Crippen molar-refractivity contribution in [3.63, 3.8) is 0 Å². The third kappa shape index (κ3) is 5.99. The largest absolute Gasteiger partial charge is 0.504 e. The summed E-state index contributed by atoms with van der Waals surface area (Å²) < 4.78 is 5.16. The number of fused-ring (bicyclic) bond motifs is 2. The molecule has 1 atom stereocenters. The summed E-state index contributed by atoms with van der Waals surface area (Å²) in [6.45, 7) is 8.56. The second kappa shape index (κ2) is 12.8. The first kappa shape index (κ1) is 29.5. The Kier molecular flexibility index (Phi) is 9.45. The number of amides is 1. The Bertz CT molecular complexity index is 1380. The van der Waals surface area contributed by atoms with Gasteiger partial charge in [-0.3, -0.25) is 9.69 Å². The van der Waals surface area contributed by atoms with Gasteiger partial charge in [-0.2, -0.15) is 0 Å². The first-order valence-corrected chi connectivity index (χ1v) is 14.1. The zero-order chi connectivity index (χ0) is 29.0. The van der Waals surface area contributed by atoms with Crippen molar-refractivity contribution in [2.75, 3.05) is 52.6 Å². The Labute approximate surface area is 241 Å². The lowest BCUT2D eigenvalue weighted by Crippen LogP contribution is -2.35. The standard InChI is InChI=1S/C17H17NO2.C14H22ClN3O2/c1-18-8-7-10-3-2-4-12-15(10)13(18)9-11-5-6-14(19)17(20)16(11)12;1-4-18(5-2)7-6-17-14(19)10-8-11(15)12(16)9-13(10)20-3/h2-6,13,19-20H,7-9H2,1H3;8-9H,4-7,16H2,1-3H3,(H,17,19)/t13-;/m1./s1. The van der Waals surface area contributed by atoms with Crippen molar-refractivity contribution in [1.29, 1.82) is 0 Å². The number of phenols is 2. The zero-order valence-corrected chi connectivity index (χ0v) is 24.4. The number of methoxy groups -OCH3 is 1. The summed E-state index contributed by atoms with van der Waals surface area (Å²) in [5, 5.41) is 23.3. The Hall–Kier alpha value is -3.46. The molecule has 9 heteroatoms. The van der Waals surface area contributed by atoms with Gasteiger partial charge in [0.2, 0.25) is 0 Å². The molecule has 3 aromatic carbocycles. The second-order valence-electron chi connectivity index (χ2n) is 10.2. The highest BCUT2D eigenvalue weighted by molar-refractivity contribution is 6.33. The van der Waals surface area contributed by atoms with Crippen molar-refractivity contribution in [2.24, 2.45) is 0 Å². The molecule has 0 bridgehead atoms. The predicted octanol–water partition coefficient (Wildman–Crippen LogP) is 4.85. The number of aromatic hydroxyl groups is 2. The van der Waals surface area contributed by atoms with Crippen molar-refractivity contribution >= 4 is 23.2 Å². The van der Waals surface area contributed by atoms with E-state index in [9.17, 15) is 15.0 Å². The van der Waals surface area contributed by atoms with Crippen LogP contribution in [-0.4, -0.2) is 72.8 Å². The van der Waals surface area contributed by atoms with E-state index in [1.54, 1.807) is 12.1 Å². The van der Waals surface area contributed by atoms with Crippen molar-refractivity contribution in [3.8, 4) is 28.4 Å². The first-order chi connectivity index (χ1) is 19.2. The third-order valence-electron chi connectivity index (χ3n) is 7.89. The summed E-state index contributed by atoms with van der Waals surface area (Å²) in [4.78, 5) is 16.8. The van der Waals surface area contributed by atoms with Gasteiger partial charge in [0.25, 0.3) is 5.91 Å². The van der Waals surface area contributed by atoms with Gasteiger partial charge in [0.1, 0.15) is 5.75 Å². The van der Waals surface area contributed by atoms with E-state index in [2.05, 4.69) is 54.2 Å². The highest BCUT2D eigenvalue weighted by Gasteiger charge is 2.34. The van der Waals surface area contributed by atoms with Gasteiger partial charge in [-0.05, 0) is 67.4 Å². The van der Waals surface area contributed by atoms with Crippen molar-refractivity contribution < 1.29 is 19.7 Å². The second-order valence-corrected chi connectivity index (χ2v) is 10.6. The molecule has 0 aromatic heterocycles. The fourth-order valence-electron chi connectivity index (χ4n) is 5.55. The van der Waals surface area contributed by atoms with Crippen molar-refractivity contribution in [2.45, 2.75) is 32.7 Å². The molecule has 1 aliphatic heterocycles. The van der Waals surface area contributed by atoms with Gasteiger partial charge in [0.15, 0.2) is 11.5 Å². The number of nitrogen functional groups attached to an aromatic ring is 1. The van der Waals surface area contributed by atoms with E-state index in [1.165, 1.54) is 24.3 Å². The van der Waals surface area contributed by atoms with Gasteiger partial charge in [-0.25, -0.2) is 0 Å². The molecule has 1 heterocycles. The lowest BCUT2D eigenvalue weighted by atomic mass is 9.77. The number of hydrogen-bond donors (Lipinski definition) is 4. The Morgan fingerprint density at radius 3 is 2.62 bits per heavy atom. The summed E-state index contributed by atoms with van der Waals surface area (Å²) in [5.41, 5.74) is 12.2. The maximum atomic E-state index is 12.1. The normalized spacial score (nSPS) is 15.5. The smallest absolute Gasteiger partial charge is 0.255 e. The van der Waals surface area contributed by atoms with Gasteiger partial charge >= 0.3 is 0 Å². The van der Waals surface area contributed by atoms with Crippen LogP contribution in [0, 0.1) is 0 Å². The van der Waals surface area contributed by atoms with E-state index in [0.29, 0.717) is 34.6 Å². The first-order valence-electron chi connectivity index (χ1n) is 13.7. The number of ether oxygens (including phenoxy) is 1. The number of rotatable bonds is 7. The summed E-state index contributed by atoms with van der Waals surface area (Å²) in [6, 6.07) is 13.3. The zero-order valence-electron chi connectivity index (χ0n) is 23.6. The SMILES string of the molecule is CCN(CC)CCNC(=O)c1cc(Cl)c(N)cc1OC.CN1CCc2cccc3c2[C@H]1Cc1ccc(O)c(O)c1-3. The number of carbonyl (C=O) groups is 1. The number of phenolic OH excluding ortho intramolecular Hbond substituents is 2. The van der Waals surface area contributed by atoms with Crippen LogP contribution in [0.15, 0.2) is 42.5 Å². The van der Waals surface area contributed by atoms with E-state index >= 15 is 0 Å². The number of nitrogens with one attached hydrogen (secondary N) is 1. The summed E-state index contributed by atoms with van der Waals surface area (Å²) in [5.74, 6) is 0.190. The molecule has 1 amide bonds. The summed E-state index contributed by atoms with van der Waals surface area (Å²) in [7, 11) is 3.66. The minimum Gasteiger partial charge on any atom is -0.504 e.